The minimum atomic E-state index is -0.533. The summed E-state index contributed by atoms with van der Waals surface area (Å²) in [7, 11) is 0. The number of unbranched alkanes of at least 4 members (excludes halogenated alkanes) is 1. The van der Waals surface area contributed by atoms with Gasteiger partial charge in [-0.15, -0.1) is 0 Å². The molecule has 2 aromatic heterocycles. The quantitative estimate of drug-likeness (QED) is 0.345. The summed E-state index contributed by atoms with van der Waals surface area (Å²) in [6.07, 6.45) is 3.37. The Labute approximate surface area is 219 Å². The van der Waals surface area contributed by atoms with E-state index in [0.29, 0.717) is 37.4 Å². The SMILES string of the molecule is CC(C)(C)OC(=O)NCCCCC(=O)Nc1cccc(Nc2cc([C@H]3CC[C@@H](O)C3)nn2C(C)(C)C)n1. The van der Waals surface area contributed by atoms with Crippen molar-refractivity contribution in [1.82, 2.24) is 20.1 Å². The van der Waals surface area contributed by atoms with Crippen molar-refractivity contribution in [2.45, 2.75) is 103 Å². The summed E-state index contributed by atoms with van der Waals surface area (Å²) in [4.78, 5) is 28.6. The maximum absolute atomic E-state index is 12.4. The Morgan fingerprint density at radius 3 is 2.49 bits per heavy atom. The second-order valence-corrected chi connectivity index (χ2v) is 11.7. The molecule has 204 valence electrons. The Balaban J connectivity index is 1.53. The fourth-order valence-corrected chi connectivity index (χ4v) is 4.25. The van der Waals surface area contributed by atoms with Gasteiger partial charge in [0.2, 0.25) is 5.91 Å². The molecule has 2 aromatic rings. The first kappa shape index (κ1) is 28.4. The zero-order valence-electron chi connectivity index (χ0n) is 22.9. The van der Waals surface area contributed by atoms with Gasteiger partial charge in [-0.05, 0) is 85.8 Å². The van der Waals surface area contributed by atoms with E-state index < -0.39 is 11.7 Å². The highest BCUT2D eigenvalue weighted by molar-refractivity contribution is 5.89. The number of nitrogens with one attached hydrogen (secondary N) is 3. The molecule has 1 fully saturated rings. The summed E-state index contributed by atoms with van der Waals surface area (Å²) < 4.78 is 7.15. The lowest BCUT2D eigenvalue weighted by atomic mass is 10.0. The van der Waals surface area contributed by atoms with Crippen LogP contribution >= 0.6 is 0 Å². The van der Waals surface area contributed by atoms with Gasteiger partial charge in [-0.25, -0.2) is 14.5 Å². The van der Waals surface area contributed by atoms with E-state index in [4.69, 9.17) is 9.84 Å². The normalized spacial score (nSPS) is 17.9. The molecular formula is C27H42N6O4. The highest BCUT2D eigenvalue weighted by Crippen LogP contribution is 2.36. The third-order valence-corrected chi connectivity index (χ3v) is 5.96. The third-order valence-electron chi connectivity index (χ3n) is 5.96. The Hall–Kier alpha value is -3.14. The molecule has 3 rings (SSSR count). The molecule has 2 amide bonds. The Morgan fingerprint density at radius 2 is 1.84 bits per heavy atom. The molecule has 0 unspecified atom stereocenters. The van der Waals surface area contributed by atoms with Gasteiger partial charge in [0.15, 0.2) is 0 Å². The predicted molar refractivity (Wildman–Crippen MR) is 144 cm³/mol. The van der Waals surface area contributed by atoms with Gasteiger partial charge in [0.1, 0.15) is 23.1 Å². The first-order valence-electron chi connectivity index (χ1n) is 13.1. The smallest absolute Gasteiger partial charge is 0.407 e. The predicted octanol–water partition coefficient (Wildman–Crippen LogP) is 5.04. The van der Waals surface area contributed by atoms with Gasteiger partial charge in [-0.2, -0.15) is 5.10 Å². The van der Waals surface area contributed by atoms with Gasteiger partial charge in [-0.3, -0.25) is 4.79 Å². The number of hydrogen-bond acceptors (Lipinski definition) is 7. The van der Waals surface area contributed by atoms with Crippen LogP contribution in [-0.2, 0) is 15.1 Å². The summed E-state index contributed by atoms with van der Waals surface area (Å²) in [6.45, 7) is 12.2. The third kappa shape index (κ3) is 9.03. The number of carbonyl (C=O) groups is 2. The standard InChI is InChI=1S/C27H42N6O4/c1-26(2,3)33-23(17-20(32-33)18-13-14-19(34)16-18)30-21-10-9-11-22(29-21)31-24(35)12-7-8-15-28-25(36)37-27(4,5)6/h9-11,17-19,34H,7-8,12-16H2,1-6H3,(H,28,36)(H2,29,30,31,35)/t18-,19+/m0/s1. The number of aliphatic hydroxyl groups excluding tert-OH is 1. The molecule has 0 aromatic carbocycles. The molecule has 1 aliphatic carbocycles. The van der Waals surface area contributed by atoms with Crippen LogP contribution in [0.5, 0.6) is 0 Å². The molecule has 0 spiro atoms. The number of amides is 2. The molecule has 10 nitrogen and oxygen atoms in total. The average molecular weight is 515 g/mol. The molecule has 37 heavy (non-hydrogen) atoms. The number of ether oxygens (including phenoxy) is 1. The summed E-state index contributed by atoms with van der Waals surface area (Å²) >= 11 is 0. The molecule has 2 atom stereocenters. The number of carbonyl (C=O) groups excluding carboxylic acids is 2. The minimum Gasteiger partial charge on any atom is -0.444 e. The second kappa shape index (κ2) is 11.9. The van der Waals surface area contributed by atoms with Crippen molar-refractivity contribution >= 4 is 29.5 Å². The van der Waals surface area contributed by atoms with E-state index in [9.17, 15) is 14.7 Å². The van der Waals surface area contributed by atoms with E-state index in [2.05, 4.69) is 41.7 Å². The van der Waals surface area contributed by atoms with Gasteiger partial charge in [0.25, 0.3) is 0 Å². The fraction of sp³-hybridized carbons (Fsp3) is 0.630. The van der Waals surface area contributed by atoms with Gasteiger partial charge in [0.05, 0.1) is 17.3 Å². The van der Waals surface area contributed by atoms with E-state index in [1.807, 2.05) is 43.7 Å². The molecule has 10 heteroatoms. The zero-order valence-corrected chi connectivity index (χ0v) is 22.9. The van der Waals surface area contributed by atoms with Gasteiger partial charge in [-0.1, -0.05) is 6.07 Å². The average Bonchev–Trinajstić information content (AvgIpc) is 3.38. The van der Waals surface area contributed by atoms with E-state index in [1.54, 1.807) is 6.07 Å². The van der Waals surface area contributed by atoms with Crippen molar-refractivity contribution in [3.8, 4) is 0 Å². The number of aromatic nitrogens is 3. The minimum absolute atomic E-state index is 0.135. The van der Waals surface area contributed by atoms with E-state index in [0.717, 1.165) is 30.8 Å². The van der Waals surface area contributed by atoms with Crippen LogP contribution in [0.15, 0.2) is 24.3 Å². The number of nitrogens with zero attached hydrogens (tertiary/aromatic N) is 3. The first-order valence-corrected chi connectivity index (χ1v) is 13.1. The molecule has 1 saturated carbocycles. The maximum Gasteiger partial charge on any atom is 0.407 e. The van der Waals surface area contributed by atoms with Crippen molar-refractivity contribution < 1.29 is 19.4 Å². The van der Waals surface area contributed by atoms with Crippen molar-refractivity contribution in [3.63, 3.8) is 0 Å². The van der Waals surface area contributed by atoms with Crippen LogP contribution in [0.1, 0.15) is 91.7 Å². The number of pyridine rings is 1. The molecule has 0 saturated heterocycles. The maximum atomic E-state index is 12.4. The van der Waals surface area contributed by atoms with E-state index in [-0.39, 0.29) is 23.5 Å². The highest BCUT2D eigenvalue weighted by Gasteiger charge is 2.29. The van der Waals surface area contributed by atoms with Crippen LogP contribution in [0.3, 0.4) is 0 Å². The van der Waals surface area contributed by atoms with E-state index in [1.165, 1.54) is 0 Å². The largest absolute Gasteiger partial charge is 0.444 e. The van der Waals surface area contributed by atoms with Crippen molar-refractivity contribution in [3.05, 3.63) is 30.0 Å². The Morgan fingerprint density at radius 1 is 1.11 bits per heavy atom. The van der Waals surface area contributed by atoms with Crippen LogP contribution in [0.4, 0.5) is 22.2 Å². The van der Waals surface area contributed by atoms with Crippen molar-refractivity contribution in [1.29, 1.82) is 0 Å². The van der Waals surface area contributed by atoms with Gasteiger partial charge >= 0.3 is 6.09 Å². The van der Waals surface area contributed by atoms with Crippen LogP contribution in [0.2, 0.25) is 0 Å². The topological polar surface area (TPSA) is 130 Å². The van der Waals surface area contributed by atoms with Crippen LogP contribution in [0.25, 0.3) is 0 Å². The Kier molecular flexibility index (Phi) is 9.17. The molecule has 0 aliphatic heterocycles. The zero-order chi connectivity index (χ0) is 27.2. The lowest BCUT2D eigenvalue weighted by Crippen LogP contribution is -2.33. The number of aliphatic hydroxyl groups is 1. The number of alkyl carbamates (subject to hydrolysis) is 1. The summed E-state index contributed by atoms with van der Waals surface area (Å²) in [5.74, 6) is 1.99. The first-order chi connectivity index (χ1) is 17.3. The van der Waals surface area contributed by atoms with Crippen molar-refractivity contribution in [2.75, 3.05) is 17.2 Å². The van der Waals surface area contributed by atoms with Crippen LogP contribution < -0.4 is 16.0 Å². The van der Waals surface area contributed by atoms with Crippen LogP contribution in [0, 0.1) is 0 Å². The van der Waals surface area contributed by atoms with E-state index >= 15 is 0 Å². The summed E-state index contributed by atoms with van der Waals surface area (Å²) in [5, 5.41) is 23.7. The van der Waals surface area contributed by atoms with Crippen LogP contribution in [-0.4, -0.2) is 50.1 Å². The second-order valence-electron chi connectivity index (χ2n) is 11.7. The highest BCUT2D eigenvalue weighted by atomic mass is 16.6. The Bertz CT molecular complexity index is 1070. The fourth-order valence-electron chi connectivity index (χ4n) is 4.25. The molecule has 0 bridgehead atoms. The number of anilines is 3. The summed E-state index contributed by atoms with van der Waals surface area (Å²) in [5.41, 5.74) is 0.191. The van der Waals surface area contributed by atoms with Gasteiger partial charge in [0, 0.05) is 24.9 Å². The number of hydrogen-bond donors (Lipinski definition) is 4. The monoisotopic (exact) mass is 514 g/mol. The molecule has 4 N–H and O–H groups in total. The molecular weight excluding hydrogens is 472 g/mol. The lowest BCUT2D eigenvalue weighted by Gasteiger charge is -2.22. The van der Waals surface area contributed by atoms with Crippen molar-refractivity contribution in [2.24, 2.45) is 0 Å². The molecule has 1 aliphatic rings. The summed E-state index contributed by atoms with van der Waals surface area (Å²) in [6, 6.07) is 7.46. The van der Waals surface area contributed by atoms with Gasteiger partial charge < -0.3 is 25.8 Å². The number of rotatable bonds is 9. The molecule has 2 heterocycles. The lowest BCUT2D eigenvalue weighted by molar-refractivity contribution is -0.116. The molecule has 0 radical (unpaired) electrons.